The molecule has 0 heterocycles. The van der Waals surface area contributed by atoms with Crippen LogP contribution < -0.4 is 0 Å². The van der Waals surface area contributed by atoms with Gasteiger partial charge >= 0.3 is 0 Å². The first kappa shape index (κ1) is 42.2. The van der Waals surface area contributed by atoms with Crippen LogP contribution in [0.25, 0.3) is 0 Å². The Morgan fingerprint density at radius 2 is 0.706 bits per heavy atom. The van der Waals surface area contributed by atoms with Gasteiger partial charge < -0.3 is 14.7 Å². The van der Waals surface area contributed by atoms with E-state index in [1.54, 1.807) is 0 Å². The highest BCUT2D eigenvalue weighted by Crippen LogP contribution is 2.22. The highest BCUT2D eigenvalue weighted by Gasteiger charge is 2.04. The molecule has 0 fully saturated rings. The molecule has 0 spiro atoms. The maximum Gasteiger partial charge on any atom is 0.189 e. The predicted molar refractivity (Wildman–Crippen MR) is 154 cm³/mol. The lowest BCUT2D eigenvalue weighted by Crippen LogP contribution is -1.95. The first-order valence-electron chi connectivity index (χ1n) is 13.1. The third-order valence-electron chi connectivity index (χ3n) is 5.70. The standard InChI is InChI=1S/3C8H19O2P.Al/c3*1-3-4-5-8(2)6-7-11(9)10;/h3*8,11H,3-7H2,1-2H3,(H,9,10);. The molecule has 0 aromatic heterocycles. The number of hydrogen-bond acceptors (Lipinski definition) is 3. The van der Waals surface area contributed by atoms with E-state index in [4.69, 9.17) is 14.7 Å². The lowest BCUT2D eigenvalue weighted by atomic mass is 10.0. The van der Waals surface area contributed by atoms with Crippen molar-refractivity contribution in [3.05, 3.63) is 0 Å². The zero-order chi connectivity index (χ0) is 26.1. The minimum Gasteiger partial charge on any atom is -0.346 e. The molecule has 6 unspecified atom stereocenters. The highest BCUT2D eigenvalue weighted by molar-refractivity contribution is 7.38. The minimum absolute atomic E-state index is 0. The molecule has 0 bridgehead atoms. The zero-order valence-corrected chi connectivity index (χ0v) is 27.1. The minimum atomic E-state index is -2.20. The first-order valence-corrected chi connectivity index (χ1v) is 17.8. The van der Waals surface area contributed by atoms with E-state index in [0.29, 0.717) is 36.2 Å². The fourth-order valence-electron chi connectivity index (χ4n) is 3.20. The third kappa shape index (κ3) is 43.2. The molecule has 6 atom stereocenters. The Hall–Kier alpha value is 1.10. The summed E-state index contributed by atoms with van der Waals surface area (Å²) < 4.78 is 31.1. The second-order valence-electron chi connectivity index (χ2n) is 9.54. The van der Waals surface area contributed by atoms with E-state index < -0.39 is 24.1 Å². The van der Waals surface area contributed by atoms with Gasteiger partial charge in [0.2, 0.25) is 0 Å². The molecule has 207 valence electrons. The van der Waals surface area contributed by atoms with E-state index in [-0.39, 0.29) is 17.4 Å². The van der Waals surface area contributed by atoms with Gasteiger partial charge in [-0.3, -0.25) is 13.7 Å². The molecule has 3 N–H and O–H groups in total. The maximum absolute atomic E-state index is 10.4. The van der Waals surface area contributed by atoms with Crippen LogP contribution >= 0.6 is 24.1 Å². The molecule has 0 amide bonds. The van der Waals surface area contributed by atoms with Crippen LogP contribution in [0.15, 0.2) is 0 Å². The smallest absolute Gasteiger partial charge is 0.189 e. The van der Waals surface area contributed by atoms with Gasteiger partial charge in [0, 0.05) is 35.8 Å². The maximum atomic E-state index is 10.4. The van der Waals surface area contributed by atoms with Crippen LogP contribution in [0.1, 0.15) is 119 Å². The Labute approximate surface area is 224 Å². The largest absolute Gasteiger partial charge is 0.346 e. The Balaban J connectivity index is -0.000000196. The molecule has 0 saturated heterocycles. The summed E-state index contributed by atoms with van der Waals surface area (Å²) in [6, 6.07) is 0. The summed E-state index contributed by atoms with van der Waals surface area (Å²) in [6.07, 6.45) is 15.3. The first-order chi connectivity index (χ1) is 15.5. The molecule has 0 saturated carbocycles. The fourth-order valence-corrected chi connectivity index (χ4v) is 5.42. The van der Waals surface area contributed by atoms with Gasteiger partial charge in [0.1, 0.15) is 0 Å². The van der Waals surface area contributed by atoms with E-state index in [1.165, 1.54) is 57.8 Å². The molecule has 0 aromatic carbocycles. The second-order valence-corrected chi connectivity index (χ2v) is 13.4. The van der Waals surface area contributed by atoms with Crippen molar-refractivity contribution in [1.82, 2.24) is 0 Å². The number of hydrogen-bond donors (Lipinski definition) is 3. The van der Waals surface area contributed by atoms with Gasteiger partial charge in [-0.1, -0.05) is 99.3 Å². The zero-order valence-electron chi connectivity index (χ0n) is 23.0. The molecule has 34 heavy (non-hydrogen) atoms. The van der Waals surface area contributed by atoms with Gasteiger partial charge in [0.15, 0.2) is 24.1 Å². The Bertz CT molecular complexity index is 417. The summed E-state index contributed by atoms with van der Waals surface area (Å²) >= 11 is 0. The molecular weight excluding hydrogens is 504 g/mol. The summed E-state index contributed by atoms with van der Waals surface area (Å²) in [4.78, 5) is 25.7. The molecule has 0 aliphatic rings. The van der Waals surface area contributed by atoms with E-state index in [1.807, 2.05) is 0 Å². The monoisotopic (exact) mass is 561 g/mol. The molecule has 0 rings (SSSR count). The van der Waals surface area contributed by atoms with Crippen LogP contribution in [0.5, 0.6) is 0 Å². The van der Waals surface area contributed by atoms with Crippen molar-refractivity contribution in [2.24, 2.45) is 17.8 Å². The van der Waals surface area contributed by atoms with Crippen LogP contribution in [-0.4, -0.2) is 50.5 Å². The second kappa shape index (κ2) is 32.1. The molecule has 0 aliphatic carbocycles. The van der Waals surface area contributed by atoms with Crippen molar-refractivity contribution in [2.45, 2.75) is 119 Å². The highest BCUT2D eigenvalue weighted by atomic mass is 31.1. The van der Waals surface area contributed by atoms with E-state index in [9.17, 15) is 13.7 Å². The van der Waals surface area contributed by atoms with E-state index >= 15 is 0 Å². The van der Waals surface area contributed by atoms with Crippen LogP contribution in [0.2, 0.25) is 0 Å². The number of rotatable bonds is 18. The van der Waals surface area contributed by atoms with Crippen molar-refractivity contribution in [3.8, 4) is 0 Å². The van der Waals surface area contributed by atoms with Gasteiger partial charge in [-0.05, 0) is 37.0 Å². The van der Waals surface area contributed by atoms with Crippen molar-refractivity contribution in [2.75, 3.05) is 18.5 Å². The Kier molecular flexibility index (Phi) is 39.9. The van der Waals surface area contributed by atoms with Crippen LogP contribution in [0, 0.1) is 17.8 Å². The summed E-state index contributed by atoms with van der Waals surface area (Å²) in [5.41, 5.74) is 0. The van der Waals surface area contributed by atoms with Gasteiger partial charge in [-0.2, -0.15) is 0 Å². The van der Waals surface area contributed by atoms with Crippen molar-refractivity contribution >= 4 is 41.4 Å². The van der Waals surface area contributed by atoms with E-state index in [0.717, 1.165) is 19.3 Å². The van der Waals surface area contributed by atoms with Gasteiger partial charge in [-0.15, -0.1) is 0 Å². The van der Waals surface area contributed by atoms with Crippen molar-refractivity contribution in [1.29, 1.82) is 0 Å². The van der Waals surface area contributed by atoms with Crippen LogP contribution in [0.3, 0.4) is 0 Å². The lowest BCUT2D eigenvalue weighted by Gasteiger charge is -2.07. The van der Waals surface area contributed by atoms with Crippen molar-refractivity contribution in [3.63, 3.8) is 0 Å². The normalized spacial score (nSPS) is 15.8. The molecule has 0 aliphatic heterocycles. The molecule has 6 nitrogen and oxygen atoms in total. The number of unbranched alkanes of at least 4 members (excludes halogenated alkanes) is 3. The summed E-state index contributed by atoms with van der Waals surface area (Å²) in [7, 11) is -6.61. The van der Waals surface area contributed by atoms with Gasteiger partial charge in [-0.25, -0.2) is 0 Å². The van der Waals surface area contributed by atoms with Gasteiger partial charge in [0.25, 0.3) is 0 Å². The van der Waals surface area contributed by atoms with E-state index in [2.05, 4.69) is 41.5 Å². The Morgan fingerprint density at radius 3 is 0.853 bits per heavy atom. The summed E-state index contributed by atoms with van der Waals surface area (Å²) in [5, 5.41) is 0. The quantitative estimate of drug-likeness (QED) is 0.117. The third-order valence-corrected chi connectivity index (χ3v) is 7.85. The van der Waals surface area contributed by atoms with Crippen LogP contribution in [0.4, 0.5) is 0 Å². The summed E-state index contributed by atoms with van der Waals surface area (Å²) in [5.74, 6) is 1.86. The molecular formula is C24H57AlO6P3. The molecule has 3 radical (unpaired) electrons. The average Bonchev–Trinajstić information content (AvgIpc) is 2.76. The average molecular weight is 562 g/mol. The molecule has 10 heteroatoms. The lowest BCUT2D eigenvalue weighted by molar-refractivity contribution is 0.467. The predicted octanol–water partition coefficient (Wildman–Crippen LogP) is 7.63. The molecule has 0 aromatic rings. The SMILES string of the molecule is CCCCC(C)CC[PH](=O)O.CCCCC(C)CC[PH](=O)O.CCCCC(C)CC[PH](=O)O.[Al]. The van der Waals surface area contributed by atoms with Gasteiger partial charge in [0.05, 0.1) is 0 Å². The summed E-state index contributed by atoms with van der Waals surface area (Å²) in [6.45, 7) is 13.0. The topological polar surface area (TPSA) is 112 Å². The van der Waals surface area contributed by atoms with Crippen LogP contribution in [-0.2, 0) is 13.7 Å². The Morgan fingerprint density at radius 1 is 0.500 bits per heavy atom. The van der Waals surface area contributed by atoms with Crippen molar-refractivity contribution < 1.29 is 28.4 Å². The fraction of sp³-hybridized carbons (Fsp3) is 1.00.